The van der Waals surface area contributed by atoms with Gasteiger partial charge < -0.3 is 9.26 Å². The van der Waals surface area contributed by atoms with Gasteiger partial charge in [0.2, 0.25) is 0 Å². The second-order valence-electron chi connectivity index (χ2n) is 2.52. The Hall–Kier alpha value is 0.110. The molecule has 0 aromatic rings. The monoisotopic (exact) mass is 179 g/mol. The van der Waals surface area contributed by atoms with Gasteiger partial charge in [-0.3, -0.25) is 4.57 Å². The van der Waals surface area contributed by atoms with Crippen molar-refractivity contribution < 1.29 is 13.8 Å². The van der Waals surface area contributed by atoms with Gasteiger partial charge in [0, 0.05) is 0 Å². The second kappa shape index (κ2) is 3.68. The predicted octanol–water partition coefficient (Wildman–Crippen LogP) is 1.18. The molecule has 0 aliphatic carbocycles. The Bertz CT molecular complexity index is 161. The van der Waals surface area contributed by atoms with E-state index >= 15 is 0 Å². The summed E-state index contributed by atoms with van der Waals surface area (Å²) in [6, 6.07) is 0. The van der Waals surface area contributed by atoms with Gasteiger partial charge in [0.05, 0.1) is 12.7 Å². The van der Waals surface area contributed by atoms with Gasteiger partial charge in [0.25, 0.3) is 7.52 Å². The normalized spacial score (nSPS) is 38.9. The van der Waals surface area contributed by atoms with Crippen LogP contribution in [0.4, 0.5) is 0 Å². The third-order valence-electron chi connectivity index (χ3n) is 1.75. The van der Waals surface area contributed by atoms with Crippen LogP contribution >= 0.6 is 7.52 Å². The van der Waals surface area contributed by atoms with E-state index in [4.69, 9.17) is 9.26 Å². The largest absolute Gasteiger partial charge is 0.364 e. The summed E-state index contributed by atoms with van der Waals surface area (Å²) < 4.78 is 21.8. The average Bonchev–Trinajstić information content (AvgIpc) is 2.06. The lowest BCUT2D eigenvalue weighted by Gasteiger charge is -2.28. The van der Waals surface area contributed by atoms with E-state index in [1.54, 1.807) is 7.05 Å². The molecule has 1 saturated heterocycles. The molecule has 0 bridgehead atoms. The molecule has 1 rings (SSSR count). The highest BCUT2D eigenvalue weighted by atomic mass is 31.2. The maximum atomic E-state index is 11.4. The zero-order valence-electron chi connectivity index (χ0n) is 6.87. The van der Waals surface area contributed by atoms with Crippen molar-refractivity contribution in [1.82, 2.24) is 5.09 Å². The molecule has 0 spiro atoms. The first kappa shape index (κ1) is 9.20. The highest BCUT2D eigenvalue weighted by Gasteiger charge is 2.29. The van der Waals surface area contributed by atoms with Gasteiger partial charge in [-0.25, -0.2) is 5.09 Å². The van der Waals surface area contributed by atoms with Crippen molar-refractivity contribution in [2.24, 2.45) is 0 Å². The number of hydrogen-bond acceptors (Lipinski definition) is 3. The fourth-order valence-corrected chi connectivity index (χ4v) is 2.00. The van der Waals surface area contributed by atoms with Crippen LogP contribution in [0.15, 0.2) is 0 Å². The highest BCUT2D eigenvalue weighted by Crippen LogP contribution is 2.44. The zero-order chi connectivity index (χ0) is 8.32. The zero-order valence-corrected chi connectivity index (χ0v) is 7.77. The van der Waals surface area contributed by atoms with E-state index in [9.17, 15) is 4.57 Å². The molecule has 1 fully saturated rings. The van der Waals surface area contributed by atoms with Crippen LogP contribution in [-0.4, -0.2) is 26.1 Å². The maximum absolute atomic E-state index is 11.4. The van der Waals surface area contributed by atoms with Crippen molar-refractivity contribution in [2.45, 2.75) is 19.4 Å². The first-order chi connectivity index (χ1) is 5.20. The molecule has 1 aliphatic heterocycles. The first-order valence-corrected chi connectivity index (χ1v) is 5.55. The van der Waals surface area contributed by atoms with Crippen LogP contribution in [0.2, 0.25) is 0 Å². The summed E-state index contributed by atoms with van der Waals surface area (Å²) in [5.74, 6) is 0. The minimum absolute atomic E-state index is 0.116. The number of ether oxygens (including phenoxy) is 1. The number of nitrogens with one attached hydrogen (secondary N) is 1. The van der Waals surface area contributed by atoms with Gasteiger partial charge in [0.1, 0.15) is 6.35 Å². The van der Waals surface area contributed by atoms with E-state index in [1.165, 1.54) is 0 Å². The minimum atomic E-state index is -2.62. The smallest absolute Gasteiger partial charge is 0.294 e. The summed E-state index contributed by atoms with van der Waals surface area (Å²) in [7, 11) is -0.996. The molecule has 2 atom stereocenters. The van der Waals surface area contributed by atoms with Crippen molar-refractivity contribution in [3.63, 3.8) is 0 Å². The molecule has 1 aliphatic rings. The Labute approximate surface area is 66.8 Å². The second-order valence-corrected chi connectivity index (χ2v) is 4.83. The molecule has 11 heavy (non-hydrogen) atoms. The molecule has 0 amide bonds. The van der Waals surface area contributed by atoms with Gasteiger partial charge in [-0.1, -0.05) is 6.92 Å². The lowest BCUT2D eigenvalue weighted by molar-refractivity contribution is 0.0100. The van der Waals surface area contributed by atoms with Crippen LogP contribution in [0.25, 0.3) is 0 Å². The fraction of sp³-hybridized carbons (Fsp3) is 1.00. The molecule has 5 heteroatoms. The van der Waals surface area contributed by atoms with E-state index in [2.05, 4.69) is 5.09 Å². The van der Waals surface area contributed by atoms with E-state index in [-0.39, 0.29) is 12.5 Å². The molecule has 1 heterocycles. The molecule has 0 radical (unpaired) electrons. The van der Waals surface area contributed by atoms with Crippen LogP contribution in [0, 0.1) is 0 Å². The Balaban J connectivity index is 2.41. The Morgan fingerprint density at radius 1 is 1.73 bits per heavy atom. The van der Waals surface area contributed by atoms with Crippen LogP contribution in [0.1, 0.15) is 13.3 Å². The molecule has 1 N–H and O–H groups in total. The summed E-state index contributed by atoms with van der Waals surface area (Å²) >= 11 is 0. The van der Waals surface area contributed by atoms with Gasteiger partial charge in [-0.15, -0.1) is 0 Å². The van der Waals surface area contributed by atoms with Crippen LogP contribution in [0.3, 0.4) is 0 Å². The van der Waals surface area contributed by atoms with E-state index in [0.717, 1.165) is 6.42 Å². The SMILES string of the molecule is CCC1COP(=O)(NC)CO1. The predicted molar refractivity (Wildman–Crippen MR) is 42.6 cm³/mol. The van der Waals surface area contributed by atoms with E-state index in [1.807, 2.05) is 6.92 Å². The lowest BCUT2D eigenvalue weighted by atomic mass is 10.3. The molecule has 4 nitrogen and oxygen atoms in total. The van der Waals surface area contributed by atoms with Gasteiger partial charge in [-0.05, 0) is 13.5 Å². The standard InChI is InChI=1S/C6H14NO3P/c1-3-6-4-10-11(8,7-2)5-9-6/h6H,3-5H2,1-2H3,(H,7,8). The summed E-state index contributed by atoms with van der Waals surface area (Å²) in [5, 5.41) is 2.63. The van der Waals surface area contributed by atoms with Crippen molar-refractivity contribution >= 4 is 7.52 Å². The average molecular weight is 179 g/mol. The van der Waals surface area contributed by atoms with Crippen LogP contribution in [-0.2, 0) is 13.8 Å². The molecule has 0 aromatic carbocycles. The maximum Gasteiger partial charge on any atom is 0.294 e. The highest BCUT2D eigenvalue weighted by molar-refractivity contribution is 7.56. The summed E-state index contributed by atoms with van der Waals surface area (Å²) in [4.78, 5) is 0. The van der Waals surface area contributed by atoms with Gasteiger partial charge in [0.15, 0.2) is 0 Å². The molecule has 0 aromatic heterocycles. The van der Waals surface area contributed by atoms with Crippen LogP contribution < -0.4 is 5.09 Å². The van der Waals surface area contributed by atoms with Gasteiger partial charge >= 0.3 is 0 Å². The fourth-order valence-electron chi connectivity index (χ4n) is 0.857. The van der Waals surface area contributed by atoms with Crippen LogP contribution in [0.5, 0.6) is 0 Å². The number of rotatable bonds is 2. The molecular weight excluding hydrogens is 165 g/mol. The Morgan fingerprint density at radius 2 is 2.45 bits per heavy atom. The van der Waals surface area contributed by atoms with Crippen molar-refractivity contribution in [3.05, 3.63) is 0 Å². The van der Waals surface area contributed by atoms with E-state index in [0.29, 0.717) is 6.61 Å². The van der Waals surface area contributed by atoms with Crippen molar-refractivity contribution in [1.29, 1.82) is 0 Å². The quantitative estimate of drug-likeness (QED) is 0.646. The minimum Gasteiger partial charge on any atom is -0.364 e. The van der Waals surface area contributed by atoms with Crippen molar-refractivity contribution in [2.75, 3.05) is 20.0 Å². The van der Waals surface area contributed by atoms with Gasteiger partial charge in [-0.2, -0.15) is 0 Å². The molecular formula is C6H14NO3P. The third-order valence-corrected chi connectivity index (χ3v) is 3.48. The summed E-state index contributed by atoms with van der Waals surface area (Å²) in [6.45, 7) is 2.46. The Kier molecular flexibility index (Phi) is 3.07. The van der Waals surface area contributed by atoms with Crippen molar-refractivity contribution in [3.8, 4) is 0 Å². The third kappa shape index (κ3) is 2.27. The summed E-state index contributed by atoms with van der Waals surface area (Å²) in [5.41, 5.74) is 0. The number of hydrogen-bond donors (Lipinski definition) is 1. The summed E-state index contributed by atoms with van der Waals surface area (Å²) in [6.07, 6.45) is 1.22. The lowest BCUT2D eigenvalue weighted by Crippen LogP contribution is -2.28. The molecule has 66 valence electrons. The molecule has 0 saturated carbocycles. The topological polar surface area (TPSA) is 47.6 Å². The Morgan fingerprint density at radius 3 is 2.82 bits per heavy atom. The first-order valence-electron chi connectivity index (χ1n) is 3.74. The van der Waals surface area contributed by atoms with E-state index < -0.39 is 7.52 Å². The molecule has 2 unspecified atom stereocenters.